The van der Waals surface area contributed by atoms with Crippen molar-refractivity contribution in [3.05, 3.63) is 30.1 Å². The van der Waals surface area contributed by atoms with Gasteiger partial charge in [-0.25, -0.2) is 13.0 Å². The fraction of sp³-hybridized carbons (Fsp3) is 0.250. The summed E-state index contributed by atoms with van der Waals surface area (Å²) in [5.74, 6) is -0.392. The van der Waals surface area contributed by atoms with Crippen LogP contribution >= 0.6 is 0 Å². The molecule has 7 nitrogen and oxygen atoms in total. The maximum atomic E-state index is 10.6. The molecule has 1 amide bonds. The second-order valence-electron chi connectivity index (χ2n) is 2.89. The zero-order valence-electron chi connectivity index (χ0n) is 8.78. The Labute approximate surface area is 93.1 Å². The van der Waals surface area contributed by atoms with Gasteiger partial charge in [0.2, 0.25) is 0 Å². The summed E-state index contributed by atoms with van der Waals surface area (Å²) in [6.07, 6.45) is 4.20. The maximum Gasteiger partial charge on any atom is 0.255 e. The van der Waals surface area contributed by atoms with E-state index in [4.69, 9.17) is 11.0 Å². The van der Waals surface area contributed by atoms with Crippen molar-refractivity contribution >= 4 is 16.0 Å². The molecule has 0 radical (unpaired) electrons. The van der Waals surface area contributed by atoms with E-state index >= 15 is 0 Å². The number of pyridine rings is 1. The summed E-state index contributed by atoms with van der Waals surface area (Å²) >= 11 is 0. The number of nitrogens with zero attached hydrogens (tertiary/aromatic N) is 1. The van der Waals surface area contributed by atoms with E-state index in [1.807, 2.05) is 13.2 Å². The molecule has 2 N–H and O–H groups in total. The van der Waals surface area contributed by atoms with E-state index < -0.39 is 16.0 Å². The lowest BCUT2D eigenvalue weighted by atomic mass is 10.3. The Morgan fingerprint density at radius 1 is 1.56 bits per heavy atom. The van der Waals surface area contributed by atoms with Crippen LogP contribution in [-0.2, 0) is 21.5 Å². The van der Waals surface area contributed by atoms with E-state index in [-0.39, 0.29) is 0 Å². The van der Waals surface area contributed by atoms with Gasteiger partial charge in [-0.05, 0) is 6.07 Å². The van der Waals surface area contributed by atoms with E-state index in [0.717, 1.165) is 0 Å². The van der Waals surface area contributed by atoms with Crippen molar-refractivity contribution < 1.29 is 27.4 Å². The quantitative estimate of drug-likeness (QED) is 0.364. The van der Waals surface area contributed by atoms with Crippen LogP contribution in [0.2, 0.25) is 0 Å². The molecule has 8 heteroatoms. The molecule has 1 aromatic rings. The predicted octanol–water partition coefficient (Wildman–Crippen LogP) is -2.15. The largest absolute Gasteiger partial charge is 0.707 e. The summed E-state index contributed by atoms with van der Waals surface area (Å²) < 4.78 is 23.4. The Morgan fingerprint density at radius 2 is 2.06 bits per heavy atom. The number of primary amides is 1. The Bertz CT molecular complexity index is 457. The smallest absolute Gasteiger partial charge is 0.255 e. The van der Waals surface area contributed by atoms with Crippen molar-refractivity contribution in [2.45, 2.75) is 0 Å². The zero-order valence-corrected chi connectivity index (χ0v) is 9.60. The molecule has 0 saturated heterocycles. The number of rotatable bonds is 2. The average Bonchev–Trinajstić information content (AvgIpc) is 2.17. The van der Waals surface area contributed by atoms with Gasteiger partial charge in [-0.3, -0.25) is 4.79 Å². The molecule has 0 bridgehead atoms. The Hall–Kier alpha value is -1.51. The topological polar surface area (TPSA) is 113 Å². The van der Waals surface area contributed by atoms with Gasteiger partial charge in [-0.15, -0.1) is 0 Å². The van der Waals surface area contributed by atoms with Crippen molar-refractivity contribution in [1.82, 2.24) is 0 Å². The molecule has 1 rings (SSSR count). The monoisotopic (exact) mass is 248 g/mol. The molecule has 0 aliphatic heterocycles. The molecular weight excluding hydrogens is 236 g/mol. The Morgan fingerprint density at radius 3 is 2.31 bits per heavy atom. The van der Waals surface area contributed by atoms with E-state index in [1.54, 1.807) is 22.9 Å². The first kappa shape index (κ1) is 14.5. The van der Waals surface area contributed by atoms with Gasteiger partial charge >= 0.3 is 0 Å². The number of aromatic nitrogens is 1. The van der Waals surface area contributed by atoms with Crippen molar-refractivity contribution in [2.75, 3.05) is 6.26 Å². The summed E-state index contributed by atoms with van der Waals surface area (Å²) in [7, 11) is -1.88. The zero-order chi connectivity index (χ0) is 12.8. The molecule has 0 saturated carbocycles. The molecule has 1 aromatic heterocycles. The molecule has 16 heavy (non-hydrogen) atoms. The second-order valence-corrected chi connectivity index (χ2v) is 4.44. The van der Waals surface area contributed by atoms with Crippen LogP contribution in [0.1, 0.15) is 10.4 Å². The lowest BCUT2D eigenvalue weighted by Crippen LogP contribution is -2.28. The Kier molecular flexibility index (Phi) is 5.57. The van der Waals surface area contributed by atoms with Crippen molar-refractivity contribution in [3.8, 4) is 0 Å². The number of hydrogen-bond donors (Lipinski definition) is 1. The van der Waals surface area contributed by atoms with E-state index in [1.165, 1.54) is 0 Å². The minimum atomic E-state index is -3.72. The van der Waals surface area contributed by atoms with Crippen LogP contribution in [-0.4, -0.2) is 20.6 Å². The third-order valence-corrected chi connectivity index (χ3v) is 1.60. The maximum absolute atomic E-state index is 10.6. The van der Waals surface area contributed by atoms with Gasteiger partial charge in [0, 0.05) is 6.07 Å². The highest BCUT2D eigenvalue weighted by Gasteiger charge is 2.02. The predicted molar refractivity (Wildman–Crippen MR) is 52.1 cm³/mol. The minimum Gasteiger partial charge on any atom is -0.707 e. The molecule has 0 aromatic carbocycles. The first-order valence-electron chi connectivity index (χ1n) is 4.03. The number of aryl methyl sites for hydroxylation is 1. The first-order valence-corrected chi connectivity index (χ1v) is 5.84. The molecule has 0 atom stereocenters. The van der Waals surface area contributed by atoms with Gasteiger partial charge in [-0.2, -0.15) is 0 Å². The third-order valence-electron chi connectivity index (χ3n) is 1.35. The van der Waals surface area contributed by atoms with Gasteiger partial charge in [0.05, 0.1) is 6.26 Å². The summed E-state index contributed by atoms with van der Waals surface area (Å²) in [6.45, 7) is 0. The van der Waals surface area contributed by atoms with Crippen LogP contribution < -0.4 is 15.6 Å². The summed E-state index contributed by atoms with van der Waals surface area (Å²) in [5.41, 5.74) is 5.56. The molecule has 0 fully saturated rings. The SMILES string of the molecule is CS(=O)(=O)O[O-].C[n+]1cccc(C(N)=O)c1. The minimum absolute atomic E-state index is 0.392. The van der Waals surface area contributed by atoms with Gasteiger partial charge in [0.15, 0.2) is 12.4 Å². The van der Waals surface area contributed by atoms with Crippen LogP contribution in [0.3, 0.4) is 0 Å². The van der Waals surface area contributed by atoms with Crippen LogP contribution in [0, 0.1) is 0 Å². The summed E-state index contributed by atoms with van der Waals surface area (Å²) in [5, 5.41) is 8.86. The lowest BCUT2D eigenvalue weighted by Gasteiger charge is -1.97. The first-order chi connectivity index (χ1) is 7.26. The fourth-order valence-corrected chi connectivity index (χ4v) is 0.734. The average molecular weight is 248 g/mol. The highest BCUT2D eigenvalue weighted by Crippen LogP contribution is 1.90. The molecule has 0 aliphatic carbocycles. The van der Waals surface area contributed by atoms with Crippen molar-refractivity contribution in [1.29, 1.82) is 0 Å². The summed E-state index contributed by atoms with van der Waals surface area (Å²) in [6, 6.07) is 3.46. The number of amides is 1. The van der Waals surface area contributed by atoms with Crippen LogP contribution in [0.5, 0.6) is 0 Å². The number of carbonyl (C=O) groups excluding carboxylic acids is 1. The number of carbonyl (C=O) groups is 1. The normalized spacial score (nSPS) is 10.2. The third kappa shape index (κ3) is 6.87. The highest BCUT2D eigenvalue weighted by molar-refractivity contribution is 7.85. The molecular formula is C8H12N2O5S. The van der Waals surface area contributed by atoms with Crippen LogP contribution in [0.4, 0.5) is 0 Å². The van der Waals surface area contributed by atoms with Gasteiger partial charge < -0.3 is 15.3 Å². The molecule has 90 valence electrons. The standard InChI is InChI=1S/C7H8N2O.CH4O4S/c1-9-4-2-3-6(5-9)7(8)10;1-6(3,4)5-2/h2-5H,1H3,(H-,8,10);2H,1H3. The lowest BCUT2D eigenvalue weighted by molar-refractivity contribution is -0.671. The summed E-state index contributed by atoms with van der Waals surface area (Å²) in [4.78, 5) is 10.6. The van der Waals surface area contributed by atoms with E-state index in [9.17, 15) is 13.2 Å². The highest BCUT2D eigenvalue weighted by atomic mass is 32.2. The van der Waals surface area contributed by atoms with Gasteiger partial charge in [0.1, 0.15) is 12.6 Å². The van der Waals surface area contributed by atoms with Crippen LogP contribution in [0.25, 0.3) is 0 Å². The second kappa shape index (κ2) is 6.16. The molecule has 0 unspecified atom stereocenters. The number of hydrogen-bond acceptors (Lipinski definition) is 5. The Balaban J connectivity index is 0.000000325. The van der Waals surface area contributed by atoms with Gasteiger partial charge in [0.25, 0.3) is 16.0 Å². The molecule has 0 aliphatic rings. The number of nitrogens with two attached hydrogens (primary N) is 1. The van der Waals surface area contributed by atoms with Gasteiger partial charge in [-0.1, -0.05) is 0 Å². The molecule has 0 spiro atoms. The van der Waals surface area contributed by atoms with Crippen molar-refractivity contribution in [3.63, 3.8) is 0 Å². The van der Waals surface area contributed by atoms with Crippen molar-refractivity contribution in [2.24, 2.45) is 12.8 Å². The van der Waals surface area contributed by atoms with E-state index in [0.29, 0.717) is 11.8 Å². The molecule has 1 heterocycles. The van der Waals surface area contributed by atoms with E-state index in [2.05, 4.69) is 4.33 Å². The van der Waals surface area contributed by atoms with Crippen LogP contribution in [0.15, 0.2) is 24.5 Å². The fourth-order valence-electron chi connectivity index (χ4n) is 0.734.